The van der Waals surface area contributed by atoms with E-state index in [0.717, 1.165) is 4.57 Å². The number of carbonyl (C=O) groups is 1. The Kier molecular flexibility index (Phi) is 2.36. The first-order valence-electron chi connectivity index (χ1n) is 4.23. The summed E-state index contributed by atoms with van der Waals surface area (Å²) in [5.41, 5.74) is 0.397. The molecule has 0 radical (unpaired) electrons. The van der Waals surface area contributed by atoms with Crippen molar-refractivity contribution in [3.63, 3.8) is 0 Å². The molecule has 1 aromatic heterocycles. The zero-order valence-corrected chi connectivity index (χ0v) is 8.28. The molecule has 15 heavy (non-hydrogen) atoms. The Balaban J connectivity index is 2.67. The number of rotatable bonds is 2. The summed E-state index contributed by atoms with van der Waals surface area (Å²) in [6.45, 7) is 0. The van der Waals surface area contributed by atoms with Gasteiger partial charge in [0.25, 0.3) is 6.30 Å². The molecule has 0 aliphatic carbocycles. The second-order valence-electron chi connectivity index (χ2n) is 3.07. The van der Waals surface area contributed by atoms with Crippen molar-refractivity contribution < 1.29 is 14.3 Å². The van der Waals surface area contributed by atoms with Gasteiger partial charge in [-0.3, -0.25) is 0 Å². The maximum atomic E-state index is 13.3. The maximum Gasteiger partial charge on any atom is 0.359 e. The molecule has 0 saturated carbocycles. The van der Waals surface area contributed by atoms with Crippen molar-refractivity contribution in [3.8, 4) is 0 Å². The number of aromatic nitrogens is 1. The number of fused-ring (bicyclic) bond motifs is 1. The minimum atomic E-state index is -2.11. The quantitative estimate of drug-likeness (QED) is 0.857. The van der Waals surface area contributed by atoms with Gasteiger partial charge in [0.1, 0.15) is 0 Å². The summed E-state index contributed by atoms with van der Waals surface area (Å²) in [6, 6.07) is 6.68. The fraction of sp³-hybridized carbons (Fsp3) is 0.100. The van der Waals surface area contributed by atoms with E-state index in [1.54, 1.807) is 24.3 Å². The Morgan fingerprint density at radius 3 is 2.87 bits per heavy atom. The Morgan fingerprint density at radius 2 is 2.20 bits per heavy atom. The highest BCUT2D eigenvalue weighted by Gasteiger charge is 2.20. The molecule has 2 aromatic rings. The molecule has 5 heteroatoms. The van der Waals surface area contributed by atoms with Crippen LogP contribution in [0, 0.1) is 0 Å². The van der Waals surface area contributed by atoms with E-state index in [-0.39, 0.29) is 0 Å². The number of para-hydroxylation sites is 1. The third-order valence-corrected chi connectivity index (χ3v) is 2.44. The number of halogens is 2. The lowest BCUT2D eigenvalue weighted by Crippen LogP contribution is -2.13. The number of carboxylic acids is 1. The van der Waals surface area contributed by atoms with Crippen molar-refractivity contribution in [1.29, 1.82) is 0 Å². The van der Waals surface area contributed by atoms with Gasteiger partial charge in [0, 0.05) is 11.6 Å². The topological polar surface area (TPSA) is 42.2 Å². The van der Waals surface area contributed by atoms with E-state index < -0.39 is 12.3 Å². The molecule has 2 rings (SSSR count). The van der Waals surface area contributed by atoms with Gasteiger partial charge in [-0.15, -0.1) is 0 Å². The van der Waals surface area contributed by atoms with Crippen LogP contribution >= 0.6 is 11.6 Å². The molecule has 0 amide bonds. The summed E-state index contributed by atoms with van der Waals surface area (Å²) in [7, 11) is 0. The summed E-state index contributed by atoms with van der Waals surface area (Å²) in [5, 5.41) is 9.61. The highest BCUT2D eigenvalue weighted by atomic mass is 35.5. The third-order valence-electron chi connectivity index (χ3n) is 2.14. The van der Waals surface area contributed by atoms with Gasteiger partial charge < -0.3 is 9.67 Å². The number of alkyl halides is 1. The van der Waals surface area contributed by atoms with Crippen LogP contribution in [0.15, 0.2) is 30.5 Å². The van der Waals surface area contributed by atoms with Gasteiger partial charge in [0.15, 0.2) is 0 Å². The van der Waals surface area contributed by atoms with Crippen LogP contribution in [0.3, 0.4) is 0 Å². The molecular weight excluding hydrogens is 221 g/mol. The zero-order valence-electron chi connectivity index (χ0n) is 7.52. The first kappa shape index (κ1) is 9.98. The number of hydrogen-bond acceptors (Lipinski definition) is 1. The third kappa shape index (κ3) is 1.57. The Labute approximate surface area is 89.7 Å². The summed E-state index contributed by atoms with van der Waals surface area (Å²) in [6.07, 6.45) is -0.739. The summed E-state index contributed by atoms with van der Waals surface area (Å²) >= 11 is 5.87. The van der Waals surface area contributed by atoms with Crippen LogP contribution < -0.4 is 0 Å². The lowest BCUT2D eigenvalue weighted by molar-refractivity contribution is -0.146. The number of hydrogen-bond donors (Lipinski definition) is 1. The van der Waals surface area contributed by atoms with E-state index in [2.05, 4.69) is 0 Å². The summed E-state index contributed by atoms with van der Waals surface area (Å²) in [4.78, 5) is 10.5. The van der Waals surface area contributed by atoms with Gasteiger partial charge in [-0.1, -0.05) is 23.7 Å². The molecule has 0 saturated heterocycles. The highest BCUT2D eigenvalue weighted by Crippen LogP contribution is 2.27. The van der Waals surface area contributed by atoms with Crippen LogP contribution in [0.25, 0.3) is 10.9 Å². The van der Waals surface area contributed by atoms with Gasteiger partial charge >= 0.3 is 5.97 Å². The van der Waals surface area contributed by atoms with Crippen LogP contribution in [0.5, 0.6) is 0 Å². The molecule has 1 atom stereocenters. The normalized spacial score (nSPS) is 12.9. The summed E-state index contributed by atoms with van der Waals surface area (Å²) < 4.78 is 14.3. The molecule has 0 aliphatic rings. The molecule has 1 heterocycles. The smallest absolute Gasteiger partial charge is 0.359 e. The molecule has 78 valence electrons. The molecule has 1 aromatic carbocycles. The standard InChI is InChI=1S/C10H7ClFNO2/c11-7-3-1-2-6-4-5-13(8(6)7)9(12)10(14)15/h1-5,9H,(H,14,15). The number of benzene rings is 1. The minimum absolute atomic E-state index is 0.335. The average molecular weight is 228 g/mol. The fourth-order valence-corrected chi connectivity index (χ4v) is 1.76. The Hall–Kier alpha value is -1.55. The molecule has 0 fully saturated rings. The molecule has 1 unspecified atom stereocenters. The number of carboxylic acid groups (broad SMARTS) is 1. The lowest BCUT2D eigenvalue weighted by atomic mass is 10.2. The molecule has 0 aliphatic heterocycles. The van der Waals surface area contributed by atoms with Gasteiger partial charge in [-0.05, 0) is 12.1 Å². The van der Waals surface area contributed by atoms with E-state index >= 15 is 0 Å². The Bertz CT molecular complexity index is 523. The second kappa shape index (κ2) is 3.55. The van der Waals surface area contributed by atoms with Crippen LogP contribution in [0.4, 0.5) is 4.39 Å². The van der Waals surface area contributed by atoms with Crippen LogP contribution in [0.2, 0.25) is 5.02 Å². The average Bonchev–Trinajstić information content (AvgIpc) is 2.61. The zero-order chi connectivity index (χ0) is 11.0. The largest absolute Gasteiger partial charge is 0.478 e. The highest BCUT2D eigenvalue weighted by molar-refractivity contribution is 6.35. The van der Waals surface area contributed by atoms with E-state index in [1.807, 2.05) is 0 Å². The monoisotopic (exact) mass is 227 g/mol. The van der Waals surface area contributed by atoms with Crippen molar-refractivity contribution in [2.75, 3.05) is 0 Å². The van der Waals surface area contributed by atoms with Crippen molar-refractivity contribution >= 4 is 28.5 Å². The minimum Gasteiger partial charge on any atom is -0.478 e. The van der Waals surface area contributed by atoms with Crippen molar-refractivity contribution in [3.05, 3.63) is 35.5 Å². The first-order valence-corrected chi connectivity index (χ1v) is 4.61. The van der Waals surface area contributed by atoms with Crippen LogP contribution in [0.1, 0.15) is 6.30 Å². The molecule has 3 nitrogen and oxygen atoms in total. The predicted octanol–water partition coefficient (Wildman–Crippen LogP) is 2.85. The first-order chi connectivity index (χ1) is 7.11. The van der Waals surface area contributed by atoms with Crippen molar-refractivity contribution in [2.45, 2.75) is 6.30 Å². The van der Waals surface area contributed by atoms with Crippen molar-refractivity contribution in [2.24, 2.45) is 0 Å². The second-order valence-corrected chi connectivity index (χ2v) is 3.48. The van der Waals surface area contributed by atoms with E-state index in [4.69, 9.17) is 16.7 Å². The molecule has 0 spiro atoms. The van der Waals surface area contributed by atoms with Crippen molar-refractivity contribution in [1.82, 2.24) is 4.57 Å². The molecular formula is C10H7ClFNO2. The van der Waals surface area contributed by atoms with Crippen LogP contribution in [-0.4, -0.2) is 15.6 Å². The van der Waals surface area contributed by atoms with Gasteiger partial charge in [0.05, 0.1) is 10.5 Å². The maximum absolute atomic E-state index is 13.3. The predicted molar refractivity (Wildman–Crippen MR) is 54.7 cm³/mol. The van der Waals surface area contributed by atoms with E-state index in [9.17, 15) is 9.18 Å². The van der Waals surface area contributed by atoms with E-state index in [1.165, 1.54) is 6.20 Å². The number of aliphatic carboxylic acids is 1. The molecule has 0 bridgehead atoms. The fourth-order valence-electron chi connectivity index (χ4n) is 1.48. The summed E-state index contributed by atoms with van der Waals surface area (Å²) in [5.74, 6) is -1.53. The van der Waals surface area contributed by atoms with Gasteiger partial charge in [-0.2, -0.15) is 0 Å². The van der Waals surface area contributed by atoms with E-state index in [0.29, 0.717) is 15.9 Å². The Morgan fingerprint density at radius 1 is 1.47 bits per heavy atom. The SMILES string of the molecule is O=C(O)C(F)n1ccc2cccc(Cl)c21. The van der Waals surface area contributed by atoms with Crippen LogP contribution in [-0.2, 0) is 4.79 Å². The van der Waals surface area contributed by atoms with Gasteiger partial charge in [0.2, 0.25) is 0 Å². The molecule has 1 N–H and O–H groups in total. The van der Waals surface area contributed by atoms with Gasteiger partial charge in [-0.25, -0.2) is 9.18 Å². The lowest BCUT2D eigenvalue weighted by Gasteiger charge is -2.07. The number of nitrogens with zero attached hydrogens (tertiary/aromatic N) is 1.